The van der Waals surface area contributed by atoms with E-state index in [9.17, 15) is 9.59 Å². The van der Waals surface area contributed by atoms with E-state index in [1.54, 1.807) is 0 Å². The molecule has 4 aromatic rings. The fraction of sp³-hybridized carbons (Fsp3) is 0.409. The van der Waals surface area contributed by atoms with Crippen LogP contribution in [0.5, 0.6) is 23.5 Å². The Labute approximate surface area is 367 Å². The lowest BCUT2D eigenvalue weighted by Crippen LogP contribution is -2.17. The van der Waals surface area contributed by atoms with Crippen LogP contribution < -0.4 is 29.6 Å². The van der Waals surface area contributed by atoms with Gasteiger partial charge in [-0.15, -0.1) is 0 Å². The molecule has 318 valence electrons. The normalized spacial score (nSPS) is 10.8. The molecule has 0 saturated carbocycles. The van der Waals surface area contributed by atoms with E-state index in [1.807, 2.05) is 36.4 Å². The molecule has 0 aliphatic carbocycles. The van der Waals surface area contributed by atoms with Crippen molar-refractivity contribution < 1.29 is 38.7 Å². The Kier molecular flexibility index (Phi) is 20.1. The number of hydrogen-bond acceptors (Lipinski definition) is 12. The maximum Gasteiger partial charge on any atom is 0.303 e. The van der Waals surface area contributed by atoms with Crippen molar-refractivity contribution in [1.29, 1.82) is 10.5 Å². The predicted octanol–water partition coefficient (Wildman–Crippen LogP) is 8.72. The van der Waals surface area contributed by atoms with Gasteiger partial charge in [0.05, 0.1) is 34.3 Å². The van der Waals surface area contributed by atoms with Crippen LogP contribution in [0.3, 0.4) is 0 Å². The van der Waals surface area contributed by atoms with E-state index in [1.165, 1.54) is 0 Å². The summed E-state index contributed by atoms with van der Waals surface area (Å²) in [7, 11) is 0. The maximum absolute atomic E-state index is 10.9. The molecule has 4 rings (SSSR count). The number of carboxylic acid groups (broad SMARTS) is 2. The molecule has 0 fully saturated rings. The number of nitrogens with zero attached hydrogens (tertiary/aromatic N) is 4. The Hall–Kier alpha value is -5.26. The van der Waals surface area contributed by atoms with Gasteiger partial charge in [0.1, 0.15) is 13.2 Å². The molecule has 0 atom stereocenters. The number of carbonyl (C=O) groups is 2. The number of ether oxygens (including phenoxy) is 4. The summed E-state index contributed by atoms with van der Waals surface area (Å²) in [4.78, 5) is 31.2. The summed E-state index contributed by atoms with van der Waals surface area (Å²) in [6, 6.07) is 20.2. The van der Waals surface area contributed by atoms with Gasteiger partial charge in [-0.3, -0.25) is 9.59 Å². The van der Waals surface area contributed by atoms with Gasteiger partial charge >= 0.3 is 11.9 Å². The van der Waals surface area contributed by atoms with Gasteiger partial charge in [-0.05, 0) is 130 Å². The van der Waals surface area contributed by atoms with Crippen LogP contribution >= 0.6 is 31.9 Å². The zero-order valence-corrected chi connectivity index (χ0v) is 37.0. The highest BCUT2D eigenvalue weighted by atomic mass is 79.9. The topological polar surface area (TPSA) is 209 Å². The number of hydrogen-bond donors (Lipinski definition) is 4. The SMILES string of the molecule is Cc1c(COc2nc(OCCCC#N)c(CNCCCC(=O)O)cc2Br)cccc1-c1cccc(COc2nc(OCCCC#N)c(CNCCCC(=O)O)cc2Br)c1C. The summed E-state index contributed by atoms with van der Waals surface area (Å²) in [6.45, 7) is 7.09. The second kappa shape index (κ2) is 25.4. The smallest absolute Gasteiger partial charge is 0.303 e. The summed E-state index contributed by atoms with van der Waals surface area (Å²) in [6.07, 6.45) is 2.96. The summed E-state index contributed by atoms with van der Waals surface area (Å²) in [5.41, 5.74) is 7.66. The molecule has 0 aliphatic heterocycles. The first-order chi connectivity index (χ1) is 29.0. The van der Waals surface area contributed by atoms with Crippen molar-refractivity contribution in [1.82, 2.24) is 20.6 Å². The summed E-state index contributed by atoms with van der Waals surface area (Å²) < 4.78 is 25.8. The van der Waals surface area contributed by atoms with Crippen LogP contribution in [0.15, 0.2) is 57.5 Å². The van der Waals surface area contributed by atoms with E-state index in [-0.39, 0.29) is 26.1 Å². The number of aliphatic carboxylic acids is 2. The second-order valence-corrected chi connectivity index (χ2v) is 15.5. The number of pyridine rings is 2. The van der Waals surface area contributed by atoms with Crippen LogP contribution in [-0.4, -0.2) is 58.4 Å². The minimum atomic E-state index is -0.839. The molecular formula is C44H50Br2N6O8. The Morgan fingerprint density at radius 3 is 1.43 bits per heavy atom. The Balaban J connectivity index is 1.48. The summed E-state index contributed by atoms with van der Waals surface area (Å²) >= 11 is 7.22. The van der Waals surface area contributed by atoms with Crippen molar-refractivity contribution in [2.45, 2.75) is 91.5 Å². The molecule has 16 heteroatoms. The van der Waals surface area contributed by atoms with E-state index in [0.29, 0.717) is 110 Å². The van der Waals surface area contributed by atoms with Crippen molar-refractivity contribution in [3.8, 4) is 46.8 Å². The minimum absolute atomic E-state index is 0.0781. The lowest BCUT2D eigenvalue weighted by molar-refractivity contribution is -0.138. The molecule has 60 heavy (non-hydrogen) atoms. The lowest BCUT2D eigenvalue weighted by Gasteiger charge is -2.18. The van der Waals surface area contributed by atoms with Crippen LogP contribution in [0.2, 0.25) is 0 Å². The van der Waals surface area contributed by atoms with Crippen molar-refractivity contribution in [3.63, 3.8) is 0 Å². The molecule has 2 heterocycles. The van der Waals surface area contributed by atoms with E-state index >= 15 is 0 Å². The van der Waals surface area contributed by atoms with Gasteiger partial charge in [0.2, 0.25) is 23.5 Å². The Bertz CT molecular complexity index is 2010. The molecule has 4 N–H and O–H groups in total. The Morgan fingerprint density at radius 2 is 1.05 bits per heavy atom. The molecule has 14 nitrogen and oxygen atoms in total. The zero-order chi connectivity index (χ0) is 43.3. The van der Waals surface area contributed by atoms with Crippen LogP contribution in [0, 0.1) is 36.5 Å². The lowest BCUT2D eigenvalue weighted by atomic mass is 9.92. The number of nitriles is 2. The average Bonchev–Trinajstić information content (AvgIpc) is 3.22. The third kappa shape index (κ3) is 15.1. The summed E-state index contributed by atoms with van der Waals surface area (Å²) in [5, 5.41) is 42.3. The van der Waals surface area contributed by atoms with Crippen LogP contribution in [0.25, 0.3) is 11.1 Å². The van der Waals surface area contributed by atoms with Gasteiger partial charge in [-0.2, -0.15) is 20.5 Å². The monoisotopic (exact) mass is 948 g/mol. The molecule has 2 aromatic carbocycles. The number of unbranched alkanes of at least 4 members (excludes halogenated alkanes) is 2. The fourth-order valence-corrected chi connectivity index (χ4v) is 7.02. The average molecular weight is 951 g/mol. The van der Waals surface area contributed by atoms with Gasteiger partial charge < -0.3 is 39.8 Å². The molecule has 0 saturated heterocycles. The van der Waals surface area contributed by atoms with Gasteiger partial charge in [0.15, 0.2) is 0 Å². The molecule has 0 spiro atoms. The molecule has 0 aliphatic rings. The second-order valence-electron chi connectivity index (χ2n) is 13.8. The predicted molar refractivity (Wildman–Crippen MR) is 232 cm³/mol. The van der Waals surface area contributed by atoms with Crippen molar-refractivity contribution >= 4 is 43.8 Å². The highest BCUT2D eigenvalue weighted by Gasteiger charge is 2.18. The van der Waals surface area contributed by atoms with Gasteiger partial charge in [-0.25, -0.2) is 0 Å². The van der Waals surface area contributed by atoms with E-state index in [4.69, 9.17) is 39.7 Å². The Morgan fingerprint density at radius 1 is 0.633 bits per heavy atom. The van der Waals surface area contributed by atoms with Crippen molar-refractivity contribution in [2.75, 3.05) is 26.3 Å². The third-order valence-electron chi connectivity index (χ3n) is 9.34. The van der Waals surface area contributed by atoms with E-state index < -0.39 is 11.9 Å². The molecule has 0 bridgehead atoms. The third-order valence-corrected chi connectivity index (χ3v) is 10.5. The van der Waals surface area contributed by atoms with E-state index in [2.05, 4.69) is 90.6 Å². The minimum Gasteiger partial charge on any atom is -0.481 e. The molecule has 0 unspecified atom stereocenters. The maximum atomic E-state index is 10.9. The molecular weight excluding hydrogens is 900 g/mol. The number of aromatic nitrogens is 2. The van der Waals surface area contributed by atoms with Crippen LogP contribution in [0.4, 0.5) is 0 Å². The van der Waals surface area contributed by atoms with Gasteiger partial charge in [0.25, 0.3) is 0 Å². The zero-order valence-electron chi connectivity index (χ0n) is 33.8. The van der Waals surface area contributed by atoms with Crippen LogP contribution in [0.1, 0.15) is 84.7 Å². The van der Waals surface area contributed by atoms with Gasteiger partial charge in [0, 0.05) is 49.9 Å². The van der Waals surface area contributed by atoms with Crippen LogP contribution in [-0.2, 0) is 35.9 Å². The quantitative estimate of drug-likeness (QED) is 0.0413. The van der Waals surface area contributed by atoms with Gasteiger partial charge in [-0.1, -0.05) is 36.4 Å². The molecule has 2 aromatic heterocycles. The van der Waals surface area contributed by atoms with Crippen molar-refractivity contribution in [2.24, 2.45) is 0 Å². The molecule has 0 radical (unpaired) electrons. The highest BCUT2D eigenvalue weighted by Crippen LogP contribution is 2.35. The largest absolute Gasteiger partial charge is 0.481 e. The first kappa shape index (κ1) is 47.4. The first-order valence-electron chi connectivity index (χ1n) is 19.7. The number of halogens is 2. The fourth-order valence-electron chi connectivity index (χ4n) is 6.06. The molecule has 0 amide bonds. The highest BCUT2D eigenvalue weighted by molar-refractivity contribution is 9.10. The van der Waals surface area contributed by atoms with Crippen molar-refractivity contribution in [3.05, 3.63) is 90.9 Å². The number of carboxylic acids is 2. The number of benzene rings is 2. The number of rotatable bonds is 27. The first-order valence-corrected chi connectivity index (χ1v) is 21.3. The van der Waals surface area contributed by atoms with E-state index in [0.717, 1.165) is 44.5 Å². The number of nitrogens with one attached hydrogen (secondary N) is 2. The standard InChI is InChI=1S/C44H50Br2N6O8/c1-29-31(27-59-43-37(45)23-33(25-49-19-9-15-39(53)54)41(51-43)57-21-5-3-17-47)11-7-13-35(29)36-14-8-12-32(30(36)2)28-60-44-38(46)24-34(26-50-20-10-16-40(55)56)42(52-44)58-22-6-4-18-48/h7-8,11-14,23-24,49-50H,3-6,9-10,15-16,19-22,25-28H2,1-2H3,(H,53,54)(H,55,56). The summed E-state index contributed by atoms with van der Waals surface area (Å²) in [5.74, 6) is -0.192.